The topological polar surface area (TPSA) is 75.6 Å². The van der Waals surface area contributed by atoms with E-state index in [0.717, 1.165) is 12.1 Å². The number of amides is 1. The highest BCUT2D eigenvalue weighted by molar-refractivity contribution is 14.0. The summed E-state index contributed by atoms with van der Waals surface area (Å²) in [6, 6.07) is 3.67. The predicted octanol–water partition coefficient (Wildman–Crippen LogP) is 2.64. The van der Waals surface area contributed by atoms with E-state index in [1.807, 2.05) is 49.8 Å². The van der Waals surface area contributed by atoms with Crippen LogP contribution in [0.5, 0.6) is 17.2 Å². The summed E-state index contributed by atoms with van der Waals surface area (Å²) >= 11 is 0. The number of ether oxygens (including phenoxy) is 3. The third kappa shape index (κ3) is 8.08. The van der Waals surface area contributed by atoms with Gasteiger partial charge in [-0.3, -0.25) is 9.79 Å². The maximum Gasteiger partial charge on any atom is 0.242 e. The average Bonchev–Trinajstić information content (AvgIpc) is 2.73. The van der Waals surface area contributed by atoms with Gasteiger partial charge in [0.15, 0.2) is 5.96 Å². The highest BCUT2D eigenvalue weighted by Crippen LogP contribution is 2.34. The molecule has 30 heavy (non-hydrogen) atoms. The molecule has 0 aromatic heterocycles. The Hall–Kier alpha value is -1.91. The maximum absolute atomic E-state index is 12.4. The molecule has 1 aromatic carbocycles. The summed E-state index contributed by atoms with van der Waals surface area (Å²) in [5.41, 5.74) is 0.928. The van der Waals surface area contributed by atoms with Crippen LogP contribution >= 0.6 is 24.0 Å². The quantitative estimate of drug-likeness (QED) is 0.266. The first-order valence-corrected chi connectivity index (χ1v) is 10.0. The Morgan fingerprint density at radius 3 is 2.03 bits per heavy atom. The molecule has 9 heteroatoms. The molecule has 1 aromatic rings. The van der Waals surface area contributed by atoms with Crippen molar-refractivity contribution >= 4 is 35.8 Å². The van der Waals surface area contributed by atoms with E-state index in [2.05, 4.69) is 10.3 Å². The van der Waals surface area contributed by atoms with Crippen LogP contribution in [0.4, 0.5) is 0 Å². The van der Waals surface area contributed by atoms with Gasteiger partial charge in [-0.2, -0.15) is 0 Å². The zero-order chi connectivity index (χ0) is 21.8. The first-order valence-electron chi connectivity index (χ1n) is 10.0. The largest absolute Gasteiger partial charge is 0.496 e. The Morgan fingerprint density at radius 2 is 1.60 bits per heavy atom. The molecule has 0 aliphatic carbocycles. The summed E-state index contributed by atoms with van der Waals surface area (Å²) in [4.78, 5) is 20.8. The van der Waals surface area contributed by atoms with Gasteiger partial charge in [-0.15, -0.1) is 24.0 Å². The van der Waals surface area contributed by atoms with Crippen molar-refractivity contribution in [3.05, 3.63) is 17.7 Å². The monoisotopic (exact) mass is 536 g/mol. The lowest BCUT2D eigenvalue weighted by molar-refractivity contribution is -0.131. The number of carbonyl (C=O) groups is 1. The van der Waals surface area contributed by atoms with E-state index < -0.39 is 0 Å². The smallest absolute Gasteiger partial charge is 0.242 e. The minimum atomic E-state index is 0. The molecule has 0 aliphatic rings. The second-order valence-electron chi connectivity index (χ2n) is 6.42. The lowest BCUT2D eigenvalue weighted by Gasteiger charge is -2.25. The molecule has 8 nitrogen and oxygen atoms in total. The number of likely N-dealkylation sites (N-methyl/N-ethyl adjacent to an activating group) is 2. The molecule has 0 saturated heterocycles. The second kappa shape index (κ2) is 15.0. The van der Waals surface area contributed by atoms with Gasteiger partial charge < -0.3 is 29.3 Å². The molecule has 0 saturated carbocycles. The van der Waals surface area contributed by atoms with Crippen molar-refractivity contribution in [2.45, 2.75) is 27.2 Å². The van der Waals surface area contributed by atoms with Crippen LogP contribution in [0.3, 0.4) is 0 Å². The first kappa shape index (κ1) is 28.1. The van der Waals surface area contributed by atoms with E-state index in [1.165, 1.54) is 0 Å². The first-order chi connectivity index (χ1) is 13.9. The van der Waals surface area contributed by atoms with Crippen LogP contribution in [0, 0.1) is 0 Å². The van der Waals surface area contributed by atoms with Crippen LogP contribution < -0.4 is 19.5 Å². The predicted molar refractivity (Wildman–Crippen MR) is 132 cm³/mol. The van der Waals surface area contributed by atoms with Crippen LogP contribution in [0.2, 0.25) is 0 Å². The number of hydrogen-bond donors (Lipinski definition) is 1. The molecular weight excluding hydrogens is 499 g/mol. The minimum Gasteiger partial charge on any atom is -0.496 e. The van der Waals surface area contributed by atoms with Crippen molar-refractivity contribution in [3.63, 3.8) is 0 Å². The lowest BCUT2D eigenvalue weighted by Crippen LogP contribution is -2.45. The van der Waals surface area contributed by atoms with Gasteiger partial charge in [-0.05, 0) is 27.2 Å². The van der Waals surface area contributed by atoms with Crippen LogP contribution in [0.15, 0.2) is 17.1 Å². The summed E-state index contributed by atoms with van der Waals surface area (Å²) in [5.74, 6) is 2.85. The molecule has 0 atom stereocenters. The van der Waals surface area contributed by atoms with Crippen molar-refractivity contribution in [1.29, 1.82) is 0 Å². The number of guanidine groups is 1. The average molecular weight is 536 g/mol. The molecule has 0 bridgehead atoms. The lowest BCUT2D eigenvalue weighted by atomic mass is 10.1. The molecule has 0 fully saturated rings. The summed E-state index contributed by atoms with van der Waals surface area (Å²) < 4.78 is 16.3. The number of aliphatic imine (C=N–C) groups is 1. The number of nitrogens with zero attached hydrogens (tertiary/aromatic N) is 3. The number of halogens is 1. The van der Waals surface area contributed by atoms with Gasteiger partial charge in [-0.25, -0.2) is 0 Å². The van der Waals surface area contributed by atoms with Gasteiger partial charge in [0.2, 0.25) is 5.91 Å². The minimum absolute atomic E-state index is 0. The second-order valence-corrected chi connectivity index (χ2v) is 6.42. The Balaban J connectivity index is 0.00000841. The fourth-order valence-electron chi connectivity index (χ4n) is 3.02. The summed E-state index contributed by atoms with van der Waals surface area (Å²) in [5, 5.41) is 3.25. The van der Waals surface area contributed by atoms with Gasteiger partial charge in [0.05, 0.1) is 27.9 Å². The van der Waals surface area contributed by atoms with Crippen LogP contribution in [0.1, 0.15) is 26.3 Å². The van der Waals surface area contributed by atoms with Crippen molar-refractivity contribution in [3.8, 4) is 17.2 Å². The molecule has 0 unspecified atom stereocenters. The maximum atomic E-state index is 12.4. The van der Waals surface area contributed by atoms with Gasteiger partial charge in [0.1, 0.15) is 17.2 Å². The van der Waals surface area contributed by atoms with Crippen LogP contribution in [-0.4, -0.2) is 82.8 Å². The van der Waals surface area contributed by atoms with Crippen molar-refractivity contribution in [2.75, 3.05) is 61.1 Å². The number of methoxy groups -OCH3 is 3. The molecule has 0 aliphatic heterocycles. The molecule has 0 radical (unpaired) electrons. The van der Waals surface area contributed by atoms with Gasteiger partial charge in [0, 0.05) is 50.9 Å². The number of nitrogens with one attached hydrogen (secondary N) is 1. The van der Waals surface area contributed by atoms with Crippen molar-refractivity contribution in [2.24, 2.45) is 4.99 Å². The fraction of sp³-hybridized carbons (Fsp3) is 0.619. The number of benzene rings is 1. The fourth-order valence-corrected chi connectivity index (χ4v) is 3.02. The molecule has 1 amide bonds. The van der Waals surface area contributed by atoms with E-state index in [-0.39, 0.29) is 36.4 Å². The Labute approximate surface area is 198 Å². The Kier molecular flexibility index (Phi) is 14.0. The van der Waals surface area contributed by atoms with Crippen molar-refractivity contribution < 1.29 is 19.0 Å². The number of carbonyl (C=O) groups excluding carboxylic acids is 1. The molecule has 1 rings (SSSR count). The van der Waals surface area contributed by atoms with Crippen molar-refractivity contribution in [1.82, 2.24) is 15.1 Å². The van der Waals surface area contributed by atoms with E-state index in [9.17, 15) is 4.79 Å². The molecular formula is C21H37IN4O4. The molecule has 172 valence electrons. The zero-order valence-electron chi connectivity index (χ0n) is 19.3. The molecule has 0 heterocycles. The third-order valence-corrected chi connectivity index (χ3v) is 4.63. The summed E-state index contributed by atoms with van der Waals surface area (Å²) in [7, 11) is 6.73. The SMILES string of the molecule is CCNC(=NCCc1c(OC)cc(OC)cc1OC)N(C)CC(=O)N(CC)CC.I. The van der Waals surface area contributed by atoms with E-state index >= 15 is 0 Å². The highest BCUT2D eigenvalue weighted by Gasteiger charge is 2.16. The van der Waals surface area contributed by atoms with Crippen LogP contribution in [-0.2, 0) is 11.2 Å². The van der Waals surface area contributed by atoms with Gasteiger partial charge in [-0.1, -0.05) is 0 Å². The Bertz CT molecular complexity index is 656. The summed E-state index contributed by atoms with van der Waals surface area (Å²) in [6.45, 7) is 8.89. The standard InChI is InChI=1S/C21H36N4O4.HI/c1-8-22-21(24(4)15-20(26)25(9-2)10-3)23-12-11-17-18(28-6)13-16(27-5)14-19(17)29-7;/h13-14H,8-12,15H2,1-7H3,(H,22,23);1H. The molecule has 0 spiro atoms. The van der Waals surface area contributed by atoms with E-state index in [4.69, 9.17) is 14.2 Å². The highest BCUT2D eigenvalue weighted by atomic mass is 127. The van der Waals surface area contributed by atoms with Gasteiger partial charge >= 0.3 is 0 Å². The van der Waals surface area contributed by atoms with Crippen LogP contribution in [0.25, 0.3) is 0 Å². The van der Waals surface area contributed by atoms with E-state index in [1.54, 1.807) is 21.3 Å². The zero-order valence-corrected chi connectivity index (χ0v) is 21.6. The normalized spacial score (nSPS) is 10.7. The van der Waals surface area contributed by atoms with E-state index in [0.29, 0.717) is 49.3 Å². The number of rotatable bonds is 11. The molecule has 1 N–H and O–H groups in total. The van der Waals surface area contributed by atoms with Gasteiger partial charge in [0.25, 0.3) is 0 Å². The summed E-state index contributed by atoms with van der Waals surface area (Å²) in [6.07, 6.45) is 0.628. The third-order valence-electron chi connectivity index (χ3n) is 4.63. The number of hydrogen-bond acceptors (Lipinski definition) is 5. The Morgan fingerprint density at radius 1 is 1.03 bits per heavy atom.